The number of aromatic nitrogens is 3. The van der Waals surface area contributed by atoms with Crippen LogP contribution in [0.3, 0.4) is 0 Å². The van der Waals surface area contributed by atoms with Crippen LogP contribution in [-0.4, -0.2) is 20.2 Å². The Balaban J connectivity index is 2.23. The zero-order valence-corrected chi connectivity index (χ0v) is 19.2. The molecule has 0 aliphatic carbocycles. The Bertz CT molecular complexity index is 1260. The van der Waals surface area contributed by atoms with Crippen LogP contribution in [0.15, 0.2) is 63.1 Å². The lowest BCUT2D eigenvalue weighted by Gasteiger charge is -2.24. The molecule has 0 spiro atoms. The molecule has 0 unspecified atom stereocenters. The average molecular weight is 441 g/mol. The van der Waals surface area contributed by atoms with Crippen molar-refractivity contribution < 1.29 is 9.13 Å². The van der Waals surface area contributed by atoms with Crippen molar-refractivity contribution in [1.29, 1.82) is 0 Å². The van der Waals surface area contributed by atoms with Crippen molar-refractivity contribution in [1.82, 2.24) is 14.1 Å². The van der Waals surface area contributed by atoms with Crippen molar-refractivity contribution in [2.45, 2.75) is 59.2 Å². The van der Waals surface area contributed by atoms with Crippen LogP contribution >= 0.6 is 0 Å². The summed E-state index contributed by atoms with van der Waals surface area (Å²) in [6, 6.07) is 12.4. The molecule has 0 saturated carbocycles. The van der Waals surface area contributed by atoms with Gasteiger partial charge in [0.25, 0.3) is 0 Å². The highest BCUT2D eigenvalue weighted by atomic mass is 19.1. The predicted molar refractivity (Wildman–Crippen MR) is 122 cm³/mol. The number of nitrogens with zero attached hydrogens (tertiary/aromatic N) is 3. The van der Waals surface area contributed by atoms with E-state index in [1.54, 1.807) is 64.1 Å². The number of hydrogen-bond acceptors (Lipinski definition) is 4. The first-order valence-electron chi connectivity index (χ1n) is 10.5. The summed E-state index contributed by atoms with van der Waals surface area (Å²) in [7, 11) is 0. The maximum atomic E-state index is 13.5. The van der Waals surface area contributed by atoms with E-state index >= 15 is 0 Å². The number of H-pyrrole nitrogens is 1. The third-order valence-electron chi connectivity index (χ3n) is 4.90. The van der Waals surface area contributed by atoms with E-state index in [-0.39, 0.29) is 17.5 Å². The monoisotopic (exact) mass is 440 g/mol. The average Bonchev–Trinajstić information content (AvgIpc) is 2.68. The van der Waals surface area contributed by atoms with E-state index in [1.807, 2.05) is 13.8 Å². The van der Waals surface area contributed by atoms with Crippen LogP contribution < -0.4 is 21.7 Å². The van der Waals surface area contributed by atoms with Crippen LogP contribution in [0.2, 0.25) is 0 Å². The molecule has 0 amide bonds. The quantitative estimate of drug-likeness (QED) is 0.654. The highest BCUT2D eigenvalue weighted by Gasteiger charge is 2.23. The molecule has 7 nitrogen and oxygen atoms in total. The zero-order valence-electron chi connectivity index (χ0n) is 19.2. The number of ether oxygens (including phenoxy) is 1. The van der Waals surface area contributed by atoms with Gasteiger partial charge in [-0.25, -0.2) is 23.5 Å². The molecule has 3 rings (SSSR count). The van der Waals surface area contributed by atoms with E-state index in [9.17, 15) is 14.0 Å². The summed E-state index contributed by atoms with van der Waals surface area (Å²) in [5.74, 6) is 0.330. The van der Waals surface area contributed by atoms with E-state index in [0.29, 0.717) is 17.0 Å². The number of rotatable bonds is 5. The van der Waals surface area contributed by atoms with Crippen LogP contribution in [0.1, 0.15) is 53.1 Å². The van der Waals surface area contributed by atoms with Crippen LogP contribution in [0.4, 0.5) is 10.1 Å². The molecule has 0 bridgehead atoms. The van der Waals surface area contributed by atoms with Gasteiger partial charge in [-0.2, -0.15) is 0 Å². The fourth-order valence-corrected chi connectivity index (χ4v) is 3.40. The second-order valence-corrected chi connectivity index (χ2v) is 8.91. The highest BCUT2D eigenvalue weighted by Crippen LogP contribution is 2.19. The second-order valence-electron chi connectivity index (χ2n) is 8.91. The van der Waals surface area contributed by atoms with Crippen LogP contribution in [0.25, 0.3) is 0 Å². The van der Waals surface area contributed by atoms with Crippen LogP contribution in [0.5, 0.6) is 5.75 Å². The first kappa shape index (κ1) is 23.2. The minimum absolute atomic E-state index is 0.0397. The smallest absolute Gasteiger partial charge is 0.336 e. The summed E-state index contributed by atoms with van der Waals surface area (Å²) in [6.45, 7) is 11.0. The minimum Gasteiger partial charge on any atom is -0.491 e. The fourth-order valence-electron chi connectivity index (χ4n) is 3.40. The molecule has 1 atom stereocenters. The van der Waals surface area contributed by atoms with Gasteiger partial charge in [-0.3, -0.25) is 9.55 Å². The van der Waals surface area contributed by atoms with Gasteiger partial charge in [0.2, 0.25) is 5.62 Å². The number of halogens is 1. The molecule has 0 fully saturated rings. The van der Waals surface area contributed by atoms with Gasteiger partial charge in [-0.05, 0) is 83.5 Å². The Kier molecular flexibility index (Phi) is 6.52. The van der Waals surface area contributed by atoms with Crippen molar-refractivity contribution in [3.8, 4) is 5.75 Å². The fraction of sp³-hybridized carbons (Fsp3) is 0.375. The number of nitrogens with one attached hydrogen (secondary N) is 1. The predicted octanol–water partition coefficient (Wildman–Crippen LogP) is 3.86. The largest absolute Gasteiger partial charge is 0.491 e. The number of aromatic amines is 1. The molecular weight excluding hydrogens is 411 g/mol. The van der Waals surface area contributed by atoms with Crippen molar-refractivity contribution in [2.75, 3.05) is 0 Å². The van der Waals surface area contributed by atoms with Crippen LogP contribution in [-0.2, 0) is 5.54 Å². The van der Waals surface area contributed by atoms with Gasteiger partial charge in [-0.1, -0.05) is 12.1 Å². The molecule has 1 aromatic heterocycles. The number of benzene rings is 2. The molecule has 170 valence electrons. The summed E-state index contributed by atoms with van der Waals surface area (Å²) in [5, 5.41) is 0. The zero-order chi connectivity index (χ0) is 23.6. The molecule has 1 N–H and O–H groups in total. The van der Waals surface area contributed by atoms with Gasteiger partial charge in [0.05, 0.1) is 17.8 Å². The topological polar surface area (TPSA) is 81.4 Å². The summed E-state index contributed by atoms with van der Waals surface area (Å²) < 4.78 is 21.7. The van der Waals surface area contributed by atoms with Crippen molar-refractivity contribution in [3.05, 3.63) is 86.5 Å². The molecule has 8 heteroatoms. The second kappa shape index (κ2) is 8.98. The lowest BCUT2D eigenvalue weighted by atomic mass is 10.1. The van der Waals surface area contributed by atoms with Gasteiger partial charge in [0.15, 0.2) is 0 Å². The summed E-state index contributed by atoms with van der Waals surface area (Å²) >= 11 is 0. The molecule has 32 heavy (non-hydrogen) atoms. The lowest BCUT2D eigenvalue weighted by molar-refractivity contribution is 0.242. The molecule has 2 aromatic carbocycles. The van der Waals surface area contributed by atoms with E-state index in [2.05, 4.69) is 9.98 Å². The highest BCUT2D eigenvalue weighted by molar-refractivity contribution is 5.41. The SMILES string of the molecule is CC(C)Oc1ccc(/N=c2\[nH]c(=O)n(C(C)(C)C)c(=O)n2[C@H](C)c2ccc(F)cc2)cc1. The van der Waals surface area contributed by atoms with E-state index < -0.39 is 23.0 Å². The van der Waals surface area contributed by atoms with Crippen molar-refractivity contribution in [3.63, 3.8) is 0 Å². The first-order chi connectivity index (χ1) is 15.0. The van der Waals surface area contributed by atoms with Gasteiger partial charge in [0.1, 0.15) is 11.6 Å². The Morgan fingerprint density at radius 1 is 0.969 bits per heavy atom. The van der Waals surface area contributed by atoms with E-state index in [1.165, 1.54) is 16.7 Å². The van der Waals surface area contributed by atoms with E-state index in [4.69, 9.17) is 4.74 Å². The molecule has 0 aliphatic heterocycles. The Morgan fingerprint density at radius 3 is 2.09 bits per heavy atom. The molecule has 1 heterocycles. The first-order valence-corrected chi connectivity index (χ1v) is 10.5. The van der Waals surface area contributed by atoms with Crippen molar-refractivity contribution in [2.24, 2.45) is 4.99 Å². The maximum absolute atomic E-state index is 13.5. The molecule has 0 radical (unpaired) electrons. The minimum atomic E-state index is -0.747. The summed E-state index contributed by atoms with van der Waals surface area (Å²) in [6.07, 6.45) is 0.0397. The molecule has 0 saturated heterocycles. The van der Waals surface area contributed by atoms with Gasteiger partial charge >= 0.3 is 11.4 Å². The Labute approximate surface area is 185 Å². The molecular formula is C24H29FN4O3. The maximum Gasteiger partial charge on any atom is 0.336 e. The summed E-state index contributed by atoms with van der Waals surface area (Å²) in [4.78, 5) is 33.5. The molecule has 3 aromatic rings. The summed E-state index contributed by atoms with van der Waals surface area (Å²) in [5.41, 5.74) is -0.443. The van der Waals surface area contributed by atoms with Crippen LogP contribution in [0, 0.1) is 5.82 Å². The third kappa shape index (κ3) is 5.07. The Morgan fingerprint density at radius 2 is 1.56 bits per heavy atom. The standard InChI is InChI=1S/C24H29FN4O3/c1-15(2)32-20-13-11-19(12-14-20)26-21-27-22(30)29(24(4,5)6)23(31)28(21)16(3)17-7-9-18(25)10-8-17/h7-16H,1-6H3,(H,26,27,30)/t16-/m1/s1. The molecule has 0 aliphatic rings. The normalized spacial score (nSPS) is 13.4. The van der Waals surface area contributed by atoms with Gasteiger partial charge in [-0.15, -0.1) is 0 Å². The third-order valence-corrected chi connectivity index (χ3v) is 4.90. The van der Waals surface area contributed by atoms with Crippen molar-refractivity contribution >= 4 is 5.69 Å². The lowest BCUT2D eigenvalue weighted by Crippen LogP contribution is -2.55. The van der Waals surface area contributed by atoms with Gasteiger partial charge < -0.3 is 4.74 Å². The van der Waals surface area contributed by atoms with E-state index in [0.717, 1.165) is 4.57 Å². The van der Waals surface area contributed by atoms with Gasteiger partial charge in [0, 0.05) is 5.54 Å². The Hall–Kier alpha value is -3.42. The number of hydrogen-bond donors (Lipinski definition) is 1.